The maximum absolute atomic E-state index is 12.4. The summed E-state index contributed by atoms with van der Waals surface area (Å²) in [5.41, 5.74) is -0.281. The lowest BCUT2D eigenvalue weighted by molar-refractivity contribution is -0.137. The second kappa shape index (κ2) is 4.52. The maximum atomic E-state index is 12.4. The number of hydrogen-bond donors (Lipinski definition) is 1. The number of halogens is 3. The Morgan fingerprint density at radius 2 is 1.83 bits per heavy atom. The van der Waals surface area contributed by atoms with Crippen LogP contribution in [0.25, 0.3) is 0 Å². The van der Waals surface area contributed by atoms with Gasteiger partial charge in [-0.3, -0.25) is 4.18 Å². The van der Waals surface area contributed by atoms with Gasteiger partial charge in [-0.1, -0.05) is 12.1 Å². The van der Waals surface area contributed by atoms with Crippen LogP contribution in [0.5, 0.6) is 0 Å². The number of hydrogen-bond acceptors (Lipinski definition) is 3. The molecule has 0 radical (unpaired) electrons. The molecule has 8 heteroatoms. The lowest BCUT2D eigenvalue weighted by Gasteiger charge is -2.23. The molecular weight excluding hydrogens is 271 g/mol. The molecule has 1 heterocycles. The second-order valence-corrected chi connectivity index (χ2v) is 5.23. The van der Waals surface area contributed by atoms with Gasteiger partial charge in [-0.15, -0.1) is 0 Å². The highest BCUT2D eigenvalue weighted by Crippen LogP contribution is 2.31. The summed E-state index contributed by atoms with van der Waals surface area (Å²) in [6.07, 6.45) is -4.02. The molecule has 0 amide bonds. The number of nitrogens with one attached hydrogen (secondary N) is 1. The molecule has 18 heavy (non-hydrogen) atoms. The van der Waals surface area contributed by atoms with Crippen molar-refractivity contribution in [3.8, 4) is 0 Å². The van der Waals surface area contributed by atoms with E-state index in [0.717, 1.165) is 12.1 Å². The summed E-state index contributed by atoms with van der Waals surface area (Å²) in [6, 6.07) is 3.84. The van der Waals surface area contributed by atoms with Crippen molar-refractivity contribution < 1.29 is 25.8 Å². The monoisotopic (exact) mass is 281 g/mol. The molecule has 0 spiro atoms. The van der Waals surface area contributed by atoms with Crippen molar-refractivity contribution >= 4 is 10.3 Å². The molecule has 1 unspecified atom stereocenters. The van der Waals surface area contributed by atoms with Crippen LogP contribution < -0.4 is 4.72 Å². The Hall–Kier alpha value is -1.12. The first kappa shape index (κ1) is 13.3. The van der Waals surface area contributed by atoms with Crippen LogP contribution in [-0.2, 0) is 20.7 Å². The van der Waals surface area contributed by atoms with Crippen LogP contribution in [0.1, 0.15) is 23.6 Å². The van der Waals surface area contributed by atoms with Gasteiger partial charge in [0.2, 0.25) is 0 Å². The highest BCUT2D eigenvalue weighted by Gasteiger charge is 2.31. The predicted molar refractivity (Wildman–Crippen MR) is 56.8 cm³/mol. The van der Waals surface area contributed by atoms with Gasteiger partial charge in [0.1, 0.15) is 0 Å². The summed E-state index contributed by atoms with van der Waals surface area (Å²) in [7, 11) is -3.79. The summed E-state index contributed by atoms with van der Waals surface area (Å²) >= 11 is 0. The molecule has 0 aliphatic carbocycles. The third-order valence-electron chi connectivity index (χ3n) is 2.57. The minimum absolute atomic E-state index is 0.0149. The van der Waals surface area contributed by atoms with Gasteiger partial charge in [0.15, 0.2) is 0 Å². The molecule has 100 valence electrons. The summed E-state index contributed by atoms with van der Waals surface area (Å²) in [6.45, 7) is 0.0149. The normalized spacial score (nSPS) is 23.8. The number of benzene rings is 1. The lowest BCUT2D eigenvalue weighted by Crippen LogP contribution is -2.36. The number of alkyl halides is 3. The van der Waals surface area contributed by atoms with Gasteiger partial charge < -0.3 is 0 Å². The van der Waals surface area contributed by atoms with Crippen molar-refractivity contribution in [1.82, 2.24) is 4.72 Å². The smallest absolute Gasteiger partial charge is 0.258 e. The highest BCUT2D eigenvalue weighted by atomic mass is 32.2. The Morgan fingerprint density at radius 3 is 2.33 bits per heavy atom. The van der Waals surface area contributed by atoms with E-state index in [9.17, 15) is 21.6 Å². The molecular formula is C10H10F3NO3S. The van der Waals surface area contributed by atoms with E-state index in [0.29, 0.717) is 12.0 Å². The van der Waals surface area contributed by atoms with Crippen LogP contribution >= 0.6 is 0 Å². The van der Waals surface area contributed by atoms with Crippen LogP contribution in [0.15, 0.2) is 24.3 Å². The molecule has 0 bridgehead atoms. The van der Waals surface area contributed by atoms with Gasteiger partial charge in [-0.2, -0.15) is 26.3 Å². The zero-order chi connectivity index (χ0) is 13.4. The third-order valence-corrected chi connectivity index (χ3v) is 3.62. The molecule has 0 saturated carbocycles. The van der Waals surface area contributed by atoms with Crippen molar-refractivity contribution in [3.63, 3.8) is 0 Å². The van der Waals surface area contributed by atoms with E-state index >= 15 is 0 Å². The molecule has 0 aromatic heterocycles. The summed E-state index contributed by atoms with van der Waals surface area (Å²) in [5.74, 6) is 0. The van der Waals surface area contributed by atoms with E-state index in [1.54, 1.807) is 0 Å². The molecule has 1 aliphatic rings. The van der Waals surface area contributed by atoms with E-state index in [-0.39, 0.29) is 6.61 Å². The van der Waals surface area contributed by atoms with Crippen molar-refractivity contribution in [2.45, 2.75) is 18.6 Å². The van der Waals surface area contributed by atoms with Crippen LogP contribution in [0.3, 0.4) is 0 Å². The van der Waals surface area contributed by atoms with E-state index in [1.165, 1.54) is 12.1 Å². The van der Waals surface area contributed by atoms with Crippen molar-refractivity contribution in [2.75, 3.05) is 6.61 Å². The van der Waals surface area contributed by atoms with E-state index < -0.39 is 28.1 Å². The predicted octanol–water partition coefficient (Wildman–Crippen LogP) is 2.00. The number of rotatable bonds is 1. The van der Waals surface area contributed by atoms with Gasteiger partial charge in [-0.05, 0) is 24.1 Å². The summed E-state index contributed by atoms with van der Waals surface area (Å²) < 4.78 is 66.1. The SMILES string of the molecule is O=S1(=O)NC(c2ccc(C(F)(F)F)cc2)CCO1. The Balaban J connectivity index is 2.20. The zero-order valence-corrected chi connectivity index (χ0v) is 9.88. The Labute approximate surface area is 102 Å². The van der Waals surface area contributed by atoms with E-state index in [2.05, 4.69) is 8.91 Å². The molecule has 1 fully saturated rings. The van der Waals surface area contributed by atoms with Gasteiger partial charge in [0, 0.05) is 0 Å². The van der Waals surface area contributed by atoms with E-state index in [1.807, 2.05) is 0 Å². The lowest BCUT2D eigenvalue weighted by atomic mass is 10.0. The minimum Gasteiger partial charge on any atom is -0.258 e. The molecule has 2 rings (SSSR count). The first-order valence-corrected chi connectivity index (χ1v) is 6.52. The molecule has 1 aromatic carbocycles. The van der Waals surface area contributed by atoms with Gasteiger partial charge >= 0.3 is 16.5 Å². The maximum Gasteiger partial charge on any atom is 0.416 e. The Kier molecular flexibility index (Phi) is 3.35. The highest BCUT2D eigenvalue weighted by molar-refractivity contribution is 7.84. The van der Waals surface area contributed by atoms with Crippen molar-refractivity contribution in [1.29, 1.82) is 0 Å². The van der Waals surface area contributed by atoms with Gasteiger partial charge in [0.05, 0.1) is 18.2 Å². The molecule has 4 nitrogen and oxygen atoms in total. The van der Waals surface area contributed by atoms with Crippen molar-refractivity contribution in [3.05, 3.63) is 35.4 Å². The molecule has 1 atom stereocenters. The average Bonchev–Trinajstić information content (AvgIpc) is 2.27. The fourth-order valence-electron chi connectivity index (χ4n) is 1.68. The molecule has 1 N–H and O–H groups in total. The summed E-state index contributed by atoms with van der Waals surface area (Å²) in [4.78, 5) is 0. The largest absolute Gasteiger partial charge is 0.416 e. The fourth-order valence-corrected chi connectivity index (χ4v) is 2.67. The third kappa shape index (κ3) is 3.01. The molecule has 1 aromatic rings. The van der Waals surface area contributed by atoms with Crippen LogP contribution in [-0.4, -0.2) is 15.0 Å². The zero-order valence-electron chi connectivity index (χ0n) is 9.07. The first-order valence-electron chi connectivity index (χ1n) is 5.12. The van der Waals surface area contributed by atoms with Gasteiger partial charge in [-0.25, -0.2) is 0 Å². The first-order chi connectivity index (χ1) is 8.28. The quantitative estimate of drug-likeness (QED) is 0.856. The average molecular weight is 281 g/mol. The fraction of sp³-hybridized carbons (Fsp3) is 0.400. The molecule has 1 aliphatic heterocycles. The van der Waals surface area contributed by atoms with Gasteiger partial charge in [0.25, 0.3) is 0 Å². The second-order valence-electron chi connectivity index (χ2n) is 3.85. The Bertz CT molecular complexity index is 524. The minimum atomic E-state index is -4.40. The molecule has 1 saturated heterocycles. The van der Waals surface area contributed by atoms with Crippen LogP contribution in [0.2, 0.25) is 0 Å². The van der Waals surface area contributed by atoms with Crippen LogP contribution in [0, 0.1) is 0 Å². The van der Waals surface area contributed by atoms with Crippen molar-refractivity contribution in [2.24, 2.45) is 0 Å². The topological polar surface area (TPSA) is 55.4 Å². The Morgan fingerprint density at radius 1 is 1.22 bits per heavy atom. The summed E-state index contributed by atoms with van der Waals surface area (Å²) in [5, 5.41) is 0. The standard InChI is InChI=1S/C10H10F3NO3S/c11-10(12,13)8-3-1-7(2-4-8)9-5-6-17-18(15,16)14-9/h1-4,9,14H,5-6H2. The van der Waals surface area contributed by atoms with Crippen LogP contribution in [0.4, 0.5) is 13.2 Å². The van der Waals surface area contributed by atoms with E-state index in [4.69, 9.17) is 0 Å².